The van der Waals surface area contributed by atoms with Crippen LogP contribution in [0.3, 0.4) is 0 Å². The van der Waals surface area contributed by atoms with Crippen molar-refractivity contribution in [2.45, 2.75) is 39.0 Å². The summed E-state index contributed by atoms with van der Waals surface area (Å²) in [5.74, 6) is 0. The minimum atomic E-state index is 1.01. The van der Waals surface area contributed by atoms with Crippen LogP contribution in [0, 0.1) is 6.92 Å². The van der Waals surface area contributed by atoms with Crippen LogP contribution in [0.5, 0.6) is 0 Å². The molecule has 0 rings (SSSR count). The molecular formula is C11H19. The van der Waals surface area contributed by atoms with Crippen molar-refractivity contribution in [3.8, 4) is 0 Å². The summed E-state index contributed by atoms with van der Waals surface area (Å²) in [6.07, 6.45) is 14.5. The molecule has 0 aromatic rings. The van der Waals surface area contributed by atoms with E-state index in [1.807, 2.05) is 0 Å². The summed E-state index contributed by atoms with van der Waals surface area (Å²) < 4.78 is 0. The van der Waals surface area contributed by atoms with Gasteiger partial charge in [-0.05, 0) is 25.7 Å². The third kappa shape index (κ3) is 9.48. The molecule has 0 unspecified atom stereocenters. The van der Waals surface area contributed by atoms with Crippen molar-refractivity contribution in [1.29, 1.82) is 0 Å². The average molecular weight is 151 g/mol. The summed E-state index contributed by atoms with van der Waals surface area (Å²) in [7, 11) is 0. The lowest BCUT2D eigenvalue weighted by atomic mass is 10.2. The molecule has 0 nitrogen and oxygen atoms in total. The highest BCUT2D eigenvalue weighted by molar-refractivity contribution is 4.92. The van der Waals surface area contributed by atoms with E-state index in [0.717, 1.165) is 19.3 Å². The van der Waals surface area contributed by atoms with Crippen LogP contribution in [0.25, 0.3) is 0 Å². The van der Waals surface area contributed by atoms with Gasteiger partial charge in [0.15, 0.2) is 0 Å². The maximum atomic E-state index is 3.76. The minimum Gasteiger partial charge on any atom is -0.0882 e. The first-order valence-electron chi connectivity index (χ1n) is 4.51. The van der Waals surface area contributed by atoms with Crippen molar-refractivity contribution in [2.24, 2.45) is 0 Å². The monoisotopic (exact) mass is 151 g/mol. The Morgan fingerprint density at radius 1 is 1.00 bits per heavy atom. The Hall–Kier alpha value is -0.520. The zero-order chi connectivity index (χ0) is 8.36. The van der Waals surface area contributed by atoms with E-state index < -0.39 is 0 Å². The molecule has 0 aliphatic carbocycles. The Morgan fingerprint density at radius 2 is 1.64 bits per heavy atom. The maximum Gasteiger partial charge on any atom is -0.0169 e. The van der Waals surface area contributed by atoms with Gasteiger partial charge in [0.25, 0.3) is 0 Å². The summed E-state index contributed by atoms with van der Waals surface area (Å²) in [4.78, 5) is 0. The molecule has 0 N–H and O–H groups in total. The van der Waals surface area contributed by atoms with Crippen molar-refractivity contribution in [3.63, 3.8) is 0 Å². The second-order valence-corrected chi connectivity index (χ2v) is 2.61. The molecule has 0 fully saturated rings. The molecule has 1 radical (unpaired) electrons. The number of unbranched alkanes of at least 4 members (excludes halogenated alkanes) is 2. The molecule has 11 heavy (non-hydrogen) atoms. The lowest BCUT2D eigenvalue weighted by Gasteiger charge is -1.84. The number of hydrogen-bond acceptors (Lipinski definition) is 0. The second kappa shape index (κ2) is 9.48. The highest BCUT2D eigenvalue weighted by Crippen LogP contribution is 1.94. The minimum absolute atomic E-state index is 1.01. The Morgan fingerprint density at radius 3 is 2.18 bits per heavy atom. The highest BCUT2D eigenvalue weighted by Gasteiger charge is 1.73. The summed E-state index contributed by atoms with van der Waals surface area (Å²) in [6.45, 7) is 5.96. The third-order valence-electron chi connectivity index (χ3n) is 1.43. The summed E-state index contributed by atoms with van der Waals surface area (Å²) in [6, 6.07) is 0. The van der Waals surface area contributed by atoms with Crippen molar-refractivity contribution in [2.75, 3.05) is 0 Å². The maximum absolute atomic E-state index is 3.76. The fraction of sp³-hybridized carbons (Fsp3) is 0.545. The van der Waals surface area contributed by atoms with Gasteiger partial charge in [0.1, 0.15) is 0 Å². The Bertz CT molecular complexity index is 95.2. The quantitative estimate of drug-likeness (QED) is 0.505. The van der Waals surface area contributed by atoms with E-state index in [1.54, 1.807) is 0 Å². The zero-order valence-corrected chi connectivity index (χ0v) is 7.55. The zero-order valence-electron chi connectivity index (χ0n) is 7.55. The topological polar surface area (TPSA) is 0 Å². The van der Waals surface area contributed by atoms with Crippen molar-refractivity contribution >= 4 is 0 Å². The van der Waals surface area contributed by atoms with Crippen LogP contribution in [-0.2, 0) is 0 Å². The lowest BCUT2D eigenvalue weighted by Crippen LogP contribution is -1.64. The third-order valence-corrected chi connectivity index (χ3v) is 1.43. The highest BCUT2D eigenvalue weighted by atomic mass is 13.8. The normalized spacial score (nSPS) is 11.8. The van der Waals surface area contributed by atoms with E-state index in [2.05, 4.69) is 38.2 Å². The first-order valence-corrected chi connectivity index (χ1v) is 4.51. The van der Waals surface area contributed by atoms with Crippen LogP contribution >= 0.6 is 0 Å². The Kier molecular flexibility index (Phi) is 9.03. The van der Waals surface area contributed by atoms with Crippen LogP contribution in [0.15, 0.2) is 24.3 Å². The molecule has 0 aromatic heterocycles. The first kappa shape index (κ1) is 10.5. The van der Waals surface area contributed by atoms with Gasteiger partial charge in [-0.1, -0.05) is 44.6 Å². The Labute approximate surface area is 71.0 Å². The molecule has 0 heteroatoms. The van der Waals surface area contributed by atoms with Crippen LogP contribution < -0.4 is 0 Å². The summed E-state index contributed by atoms with van der Waals surface area (Å²) in [5, 5.41) is 0. The van der Waals surface area contributed by atoms with E-state index in [-0.39, 0.29) is 0 Å². The van der Waals surface area contributed by atoms with Gasteiger partial charge in [-0.3, -0.25) is 0 Å². The molecule has 0 saturated heterocycles. The molecule has 0 atom stereocenters. The van der Waals surface area contributed by atoms with E-state index in [0.29, 0.717) is 0 Å². The van der Waals surface area contributed by atoms with E-state index in [9.17, 15) is 0 Å². The fourth-order valence-electron chi connectivity index (χ4n) is 0.791. The fourth-order valence-corrected chi connectivity index (χ4v) is 0.791. The SMILES string of the molecule is [CH2]CCC=CCC=CCCC. The van der Waals surface area contributed by atoms with Crippen LogP contribution in [0.1, 0.15) is 39.0 Å². The van der Waals surface area contributed by atoms with Crippen LogP contribution in [0.4, 0.5) is 0 Å². The van der Waals surface area contributed by atoms with Gasteiger partial charge >= 0.3 is 0 Å². The Balaban J connectivity index is 3.11. The second-order valence-electron chi connectivity index (χ2n) is 2.61. The van der Waals surface area contributed by atoms with Gasteiger partial charge in [-0.2, -0.15) is 0 Å². The summed E-state index contributed by atoms with van der Waals surface area (Å²) >= 11 is 0. The van der Waals surface area contributed by atoms with E-state index in [4.69, 9.17) is 0 Å². The molecule has 63 valence electrons. The van der Waals surface area contributed by atoms with Crippen LogP contribution in [-0.4, -0.2) is 0 Å². The number of hydrogen-bond donors (Lipinski definition) is 0. The molecule has 0 amide bonds. The molecule has 0 saturated carbocycles. The number of rotatable bonds is 6. The molecule has 0 bridgehead atoms. The summed E-state index contributed by atoms with van der Waals surface area (Å²) in [5.41, 5.74) is 0. The predicted molar refractivity (Wildman–Crippen MR) is 52.4 cm³/mol. The van der Waals surface area contributed by atoms with Crippen molar-refractivity contribution < 1.29 is 0 Å². The molecule has 0 heterocycles. The molecule has 0 spiro atoms. The van der Waals surface area contributed by atoms with Gasteiger partial charge in [0, 0.05) is 0 Å². The van der Waals surface area contributed by atoms with Gasteiger partial charge < -0.3 is 0 Å². The predicted octanol–water partition coefficient (Wildman–Crippen LogP) is 3.90. The first-order chi connectivity index (χ1) is 5.41. The van der Waals surface area contributed by atoms with Crippen LogP contribution in [0.2, 0.25) is 0 Å². The molecular weight excluding hydrogens is 132 g/mol. The molecule has 0 aliphatic rings. The standard InChI is InChI=1S/C11H19/c1-3-5-7-9-11-10-8-6-4-2/h7-10H,1,3-6,11H2,2H3. The van der Waals surface area contributed by atoms with Gasteiger partial charge in [-0.15, -0.1) is 0 Å². The van der Waals surface area contributed by atoms with Crippen molar-refractivity contribution in [1.82, 2.24) is 0 Å². The van der Waals surface area contributed by atoms with E-state index >= 15 is 0 Å². The lowest BCUT2D eigenvalue weighted by molar-refractivity contribution is 0.954. The van der Waals surface area contributed by atoms with Gasteiger partial charge in [-0.25, -0.2) is 0 Å². The van der Waals surface area contributed by atoms with Gasteiger partial charge in [0.2, 0.25) is 0 Å². The average Bonchev–Trinajstić information content (AvgIpc) is 2.03. The van der Waals surface area contributed by atoms with Gasteiger partial charge in [0.05, 0.1) is 0 Å². The molecule has 0 aliphatic heterocycles. The smallest absolute Gasteiger partial charge is 0.0169 e. The van der Waals surface area contributed by atoms with E-state index in [1.165, 1.54) is 12.8 Å². The molecule has 0 aromatic carbocycles. The van der Waals surface area contributed by atoms with Crippen molar-refractivity contribution in [3.05, 3.63) is 31.2 Å². The largest absolute Gasteiger partial charge is 0.0882 e. The number of allylic oxidation sites excluding steroid dienone is 4.